The fraction of sp³-hybridized carbons (Fsp3) is 0.250. The molecule has 0 saturated carbocycles. The van der Waals surface area contributed by atoms with E-state index in [4.69, 9.17) is 10.5 Å². The predicted octanol–water partition coefficient (Wildman–Crippen LogP) is 3.60. The summed E-state index contributed by atoms with van der Waals surface area (Å²) in [7, 11) is 0. The van der Waals surface area contributed by atoms with Gasteiger partial charge in [0.05, 0.1) is 16.9 Å². The summed E-state index contributed by atoms with van der Waals surface area (Å²) in [6.45, 7) is 4.13. The molecule has 0 amide bonds. The molecule has 1 heterocycles. The molecule has 0 bridgehead atoms. The number of ether oxygens (including phenoxy) is 1. The van der Waals surface area contributed by atoms with Crippen LogP contribution < -0.4 is 10.5 Å². The molecule has 2 rings (SSSR count). The molecule has 5 heteroatoms. The van der Waals surface area contributed by atoms with Crippen LogP contribution in [0.15, 0.2) is 35.1 Å². The molecule has 0 atom stereocenters. The van der Waals surface area contributed by atoms with Crippen molar-refractivity contribution < 1.29 is 4.74 Å². The lowest BCUT2D eigenvalue weighted by atomic mass is 10.3. The SMILES string of the molecule is CC(C)n1cc(Oc2ccc(N)cc2Br)cn1. The van der Waals surface area contributed by atoms with Gasteiger partial charge in [-0.3, -0.25) is 4.68 Å². The minimum Gasteiger partial charge on any atom is -0.453 e. The van der Waals surface area contributed by atoms with E-state index in [2.05, 4.69) is 34.9 Å². The highest BCUT2D eigenvalue weighted by molar-refractivity contribution is 9.10. The van der Waals surface area contributed by atoms with Crippen LogP contribution in [0, 0.1) is 0 Å². The molecule has 90 valence electrons. The van der Waals surface area contributed by atoms with Gasteiger partial charge < -0.3 is 10.5 Å². The number of anilines is 1. The molecule has 2 N–H and O–H groups in total. The molecule has 0 unspecified atom stereocenters. The number of aromatic nitrogens is 2. The molecule has 0 radical (unpaired) electrons. The molecule has 0 spiro atoms. The Morgan fingerprint density at radius 3 is 2.76 bits per heavy atom. The first-order valence-corrected chi connectivity index (χ1v) is 6.12. The van der Waals surface area contributed by atoms with Crippen molar-refractivity contribution in [1.29, 1.82) is 0 Å². The Hall–Kier alpha value is -1.49. The Balaban J connectivity index is 2.19. The highest BCUT2D eigenvalue weighted by Gasteiger charge is 2.06. The van der Waals surface area contributed by atoms with E-state index in [1.807, 2.05) is 23.0 Å². The van der Waals surface area contributed by atoms with Crippen LogP contribution in [0.1, 0.15) is 19.9 Å². The zero-order valence-electron chi connectivity index (χ0n) is 9.72. The second-order valence-corrected chi connectivity index (χ2v) is 4.90. The Labute approximate surface area is 109 Å². The lowest BCUT2D eigenvalue weighted by molar-refractivity contribution is 0.474. The maximum atomic E-state index is 5.71. The van der Waals surface area contributed by atoms with Crippen LogP contribution in [0.25, 0.3) is 0 Å². The summed E-state index contributed by atoms with van der Waals surface area (Å²) in [6, 6.07) is 5.75. The average Bonchev–Trinajstić information content (AvgIpc) is 2.71. The first-order chi connectivity index (χ1) is 8.06. The van der Waals surface area contributed by atoms with Gasteiger partial charge in [-0.1, -0.05) is 0 Å². The molecule has 2 aromatic rings. The lowest BCUT2D eigenvalue weighted by Gasteiger charge is -2.06. The van der Waals surface area contributed by atoms with Gasteiger partial charge in [0.1, 0.15) is 5.75 Å². The number of rotatable bonds is 3. The first kappa shape index (κ1) is 12.0. The summed E-state index contributed by atoms with van der Waals surface area (Å²) >= 11 is 3.41. The number of nitrogen functional groups attached to an aromatic ring is 1. The van der Waals surface area contributed by atoms with Crippen LogP contribution in [-0.2, 0) is 0 Å². The fourth-order valence-corrected chi connectivity index (χ4v) is 1.86. The normalized spacial score (nSPS) is 10.8. The van der Waals surface area contributed by atoms with Gasteiger partial charge in [-0.05, 0) is 48.0 Å². The predicted molar refractivity (Wildman–Crippen MR) is 71.2 cm³/mol. The molecule has 1 aromatic heterocycles. The lowest BCUT2D eigenvalue weighted by Crippen LogP contribution is -1.99. The summed E-state index contributed by atoms with van der Waals surface area (Å²) in [6.07, 6.45) is 3.57. The van der Waals surface area contributed by atoms with E-state index in [0.717, 1.165) is 10.2 Å². The van der Waals surface area contributed by atoms with Crippen molar-refractivity contribution in [2.75, 3.05) is 5.73 Å². The highest BCUT2D eigenvalue weighted by Crippen LogP contribution is 2.31. The number of halogens is 1. The average molecular weight is 296 g/mol. The molecule has 0 aliphatic carbocycles. The Morgan fingerprint density at radius 2 is 2.18 bits per heavy atom. The Kier molecular flexibility index (Phi) is 3.38. The third-order valence-corrected chi connectivity index (χ3v) is 2.91. The van der Waals surface area contributed by atoms with Crippen LogP contribution >= 0.6 is 15.9 Å². The van der Waals surface area contributed by atoms with Gasteiger partial charge in [0.2, 0.25) is 0 Å². The van der Waals surface area contributed by atoms with Gasteiger partial charge in [0.25, 0.3) is 0 Å². The van der Waals surface area contributed by atoms with Gasteiger partial charge in [-0.2, -0.15) is 5.10 Å². The van der Waals surface area contributed by atoms with Gasteiger partial charge in [-0.15, -0.1) is 0 Å². The molecule has 1 aromatic carbocycles. The van der Waals surface area contributed by atoms with Crippen LogP contribution in [0.3, 0.4) is 0 Å². The zero-order valence-corrected chi connectivity index (χ0v) is 11.3. The van der Waals surface area contributed by atoms with Gasteiger partial charge in [-0.25, -0.2) is 0 Å². The van der Waals surface area contributed by atoms with Crippen molar-refractivity contribution in [3.05, 3.63) is 35.1 Å². The number of hydrogen-bond donors (Lipinski definition) is 1. The van der Waals surface area contributed by atoms with Gasteiger partial charge >= 0.3 is 0 Å². The summed E-state index contributed by atoms with van der Waals surface area (Å²) < 4.78 is 8.39. The van der Waals surface area contributed by atoms with Crippen LogP contribution in [0.2, 0.25) is 0 Å². The Morgan fingerprint density at radius 1 is 1.41 bits per heavy atom. The van der Waals surface area contributed by atoms with E-state index in [-0.39, 0.29) is 0 Å². The van der Waals surface area contributed by atoms with Crippen molar-refractivity contribution in [3.8, 4) is 11.5 Å². The maximum absolute atomic E-state index is 5.71. The quantitative estimate of drug-likeness (QED) is 0.880. The number of nitrogens with two attached hydrogens (primary N) is 1. The summed E-state index contributed by atoms with van der Waals surface area (Å²) in [5, 5.41) is 4.21. The smallest absolute Gasteiger partial charge is 0.165 e. The van der Waals surface area contributed by atoms with Crippen molar-refractivity contribution in [1.82, 2.24) is 9.78 Å². The third kappa shape index (κ3) is 2.79. The van der Waals surface area contributed by atoms with Crippen molar-refractivity contribution >= 4 is 21.6 Å². The first-order valence-electron chi connectivity index (χ1n) is 5.33. The van der Waals surface area contributed by atoms with Crippen molar-refractivity contribution in [2.24, 2.45) is 0 Å². The number of hydrogen-bond acceptors (Lipinski definition) is 3. The van der Waals surface area contributed by atoms with E-state index in [1.165, 1.54) is 0 Å². The van der Waals surface area contributed by atoms with Crippen LogP contribution in [0.4, 0.5) is 5.69 Å². The summed E-state index contributed by atoms with van der Waals surface area (Å²) in [5.74, 6) is 1.44. The Bertz CT molecular complexity index is 522. The van der Waals surface area contributed by atoms with E-state index in [0.29, 0.717) is 17.5 Å². The van der Waals surface area contributed by atoms with Crippen molar-refractivity contribution in [3.63, 3.8) is 0 Å². The minimum absolute atomic E-state index is 0.321. The topological polar surface area (TPSA) is 53.1 Å². The molecule has 0 aliphatic heterocycles. The number of benzene rings is 1. The standard InChI is InChI=1S/C12H14BrN3O/c1-8(2)16-7-10(6-15-16)17-12-4-3-9(14)5-11(12)13/h3-8H,14H2,1-2H3. The van der Waals surface area contributed by atoms with E-state index >= 15 is 0 Å². The van der Waals surface area contributed by atoms with Crippen LogP contribution in [-0.4, -0.2) is 9.78 Å². The summed E-state index contributed by atoms with van der Waals surface area (Å²) in [5.41, 5.74) is 6.36. The number of nitrogens with zero attached hydrogens (tertiary/aromatic N) is 2. The zero-order chi connectivity index (χ0) is 12.4. The fourth-order valence-electron chi connectivity index (χ4n) is 1.38. The minimum atomic E-state index is 0.321. The largest absolute Gasteiger partial charge is 0.453 e. The second kappa shape index (κ2) is 4.79. The van der Waals surface area contributed by atoms with Gasteiger partial charge in [0.15, 0.2) is 5.75 Å². The summed E-state index contributed by atoms with van der Waals surface area (Å²) in [4.78, 5) is 0. The molecule has 0 aliphatic rings. The van der Waals surface area contributed by atoms with Gasteiger partial charge in [0, 0.05) is 11.7 Å². The second-order valence-electron chi connectivity index (χ2n) is 4.04. The molecule has 4 nitrogen and oxygen atoms in total. The van der Waals surface area contributed by atoms with Crippen molar-refractivity contribution in [2.45, 2.75) is 19.9 Å². The molecule has 17 heavy (non-hydrogen) atoms. The maximum Gasteiger partial charge on any atom is 0.165 e. The van der Waals surface area contributed by atoms with E-state index in [9.17, 15) is 0 Å². The molecular formula is C12H14BrN3O. The van der Waals surface area contributed by atoms with Crippen LogP contribution in [0.5, 0.6) is 11.5 Å². The molecule has 0 saturated heterocycles. The molecule has 0 fully saturated rings. The van der Waals surface area contributed by atoms with E-state index < -0.39 is 0 Å². The monoisotopic (exact) mass is 295 g/mol. The molecular weight excluding hydrogens is 282 g/mol. The van der Waals surface area contributed by atoms with E-state index in [1.54, 1.807) is 12.3 Å². The third-order valence-electron chi connectivity index (χ3n) is 2.29. The highest BCUT2D eigenvalue weighted by atomic mass is 79.9.